The lowest BCUT2D eigenvalue weighted by molar-refractivity contribution is -0.328. The molecule has 0 heterocycles. The summed E-state index contributed by atoms with van der Waals surface area (Å²) >= 11 is 3.85. The Morgan fingerprint density at radius 2 is 0.750 bits per heavy atom. The maximum absolute atomic E-state index is 13.6. The van der Waals surface area contributed by atoms with Crippen LogP contribution in [0.5, 0.6) is 23.0 Å². The number of carbonyl (C=O) groups excluding carboxylic acids is 3. The van der Waals surface area contributed by atoms with E-state index in [-0.39, 0.29) is 34.7 Å². The van der Waals surface area contributed by atoms with Crippen molar-refractivity contribution in [1.29, 1.82) is 0 Å². The van der Waals surface area contributed by atoms with Crippen molar-refractivity contribution in [3.05, 3.63) is 317 Å². The smallest absolute Gasteiger partial charge is 0.338 e. The summed E-state index contributed by atoms with van der Waals surface area (Å²) in [7, 11) is -8.44. The number of hydrogen-bond donors (Lipinski definition) is 2. The number of methoxy groups -OCH3 is 1. The zero-order valence-corrected chi connectivity index (χ0v) is 87.2. The summed E-state index contributed by atoms with van der Waals surface area (Å²) in [5.41, 5.74) is 8.48. The SMILES string of the molecule is CCC(C)(C)C(=O)Oc1c(F)c(F)c(S(=O)(=O)[O-])c(F)c1F.CCC(C)c1ccc(C(=O)OC2(CC)CCCC2)cc1.CCC(C)c1ccc(O)cc1.CCC(C)c1ccc(O)cc1.CCC(C)c1ccc(S(=O)(=O)[O-])cc1.CCC(C)c1cccc(C(=O)OC(C)(C)C)c1.CCC(C)c1ccccc1.CCC(C)c1ccccc1.COc1ccc([IH+])cc1.Fc1ccc([IH+])cc1. The topological polar surface area (TPSA) is 243 Å². The van der Waals surface area contributed by atoms with Gasteiger partial charge in [0.1, 0.15) is 59.4 Å². The second kappa shape index (κ2) is 60.3. The Bertz CT molecular complexity index is 5070. The molecule has 1 fully saturated rings. The molecule has 0 bridgehead atoms. The zero-order chi connectivity index (χ0) is 99.9. The predicted molar refractivity (Wildman–Crippen MR) is 513 cm³/mol. The highest BCUT2D eigenvalue weighted by Gasteiger charge is 2.37. The third-order valence-electron chi connectivity index (χ3n) is 22.9. The summed E-state index contributed by atoms with van der Waals surface area (Å²) in [6, 6.07) is 72.3. The third kappa shape index (κ3) is 43.5. The summed E-state index contributed by atoms with van der Waals surface area (Å²) in [5, 5.41) is 18.0. The molecule has 1 aliphatic carbocycles. The number of halogens is 7. The number of phenolic OH excluding ortho intramolecular Hbond substituents is 2. The lowest BCUT2D eigenvalue weighted by Crippen LogP contribution is -3.34. The molecule has 11 rings (SSSR count). The average Bonchev–Trinajstić information content (AvgIpc) is 0.808. The van der Waals surface area contributed by atoms with Gasteiger partial charge in [0.05, 0.1) is 28.5 Å². The first-order valence-corrected chi connectivity index (χ1v) is 50.3. The molecule has 0 aliphatic heterocycles. The summed E-state index contributed by atoms with van der Waals surface area (Å²) in [5.74, 6) is -7.38. The second-order valence-corrected chi connectivity index (χ2v) is 39.6. The molecular weight excluding hydrogens is 1950 g/mol. The van der Waals surface area contributed by atoms with E-state index < -0.39 is 71.1 Å². The first-order chi connectivity index (χ1) is 62.0. The molecular formula is C108H141F5I2O15S2. The van der Waals surface area contributed by atoms with E-state index in [2.05, 4.69) is 187 Å². The molecule has 0 saturated heterocycles. The second-order valence-electron chi connectivity index (χ2n) is 34.2. The van der Waals surface area contributed by atoms with Crippen molar-refractivity contribution in [2.24, 2.45) is 5.41 Å². The predicted octanol–water partition coefficient (Wildman–Crippen LogP) is 22.5. The minimum Gasteiger partial charge on any atom is -0.744 e. The highest BCUT2D eigenvalue weighted by atomic mass is 127. The van der Waals surface area contributed by atoms with Crippen LogP contribution in [0.1, 0.15) is 330 Å². The van der Waals surface area contributed by atoms with Crippen LogP contribution in [0.25, 0.3) is 0 Å². The Hall–Kier alpha value is -9.06. The van der Waals surface area contributed by atoms with Crippen molar-refractivity contribution < 1.29 is 137 Å². The molecule has 15 nitrogen and oxygen atoms in total. The van der Waals surface area contributed by atoms with E-state index in [0.717, 1.165) is 66.2 Å². The zero-order valence-electron chi connectivity index (χ0n) is 80.9. The minimum absolute atomic E-state index is 0.162. The van der Waals surface area contributed by atoms with Crippen molar-refractivity contribution in [3.63, 3.8) is 0 Å². The van der Waals surface area contributed by atoms with E-state index in [4.69, 9.17) is 24.4 Å². The van der Waals surface area contributed by atoms with E-state index in [9.17, 15) is 62.3 Å². The Morgan fingerprint density at radius 1 is 0.417 bits per heavy atom. The van der Waals surface area contributed by atoms with Gasteiger partial charge in [0, 0.05) is 0 Å². The van der Waals surface area contributed by atoms with Crippen LogP contribution in [0.15, 0.2) is 240 Å². The Balaban J connectivity index is 0.000000504. The molecule has 7 atom stereocenters. The first kappa shape index (κ1) is 119. The van der Waals surface area contributed by atoms with Crippen LogP contribution < -0.4 is 54.7 Å². The molecule has 0 radical (unpaired) electrons. The van der Waals surface area contributed by atoms with Crippen molar-refractivity contribution in [2.45, 2.75) is 291 Å². The number of carbonyl (C=O) groups is 3. The highest BCUT2D eigenvalue weighted by molar-refractivity contribution is 7.86. The van der Waals surface area contributed by atoms with Crippen LogP contribution in [0.2, 0.25) is 0 Å². The number of hydrogen-bond acceptors (Lipinski definition) is 15. The molecule has 10 aromatic rings. The summed E-state index contributed by atoms with van der Waals surface area (Å²) < 4.78 is 153. The molecule has 1 aliphatic rings. The molecule has 0 aromatic heterocycles. The van der Waals surface area contributed by atoms with Gasteiger partial charge in [0.15, 0.2) is 18.8 Å². The molecule has 2 N–H and O–H groups in total. The maximum atomic E-state index is 13.6. The molecule has 0 spiro atoms. The van der Waals surface area contributed by atoms with E-state index in [1.54, 1.807) is 68.6 Å². The Labute approximate surface area is 812 Å². The van der Waals surface area contributed by atoms with Gasteiger partial charge in [0.25, 0.3) is 45.2 Å². The van der Waals surface area contributed by atoms with Crippen molar-refractivity contribution in [2.75, 3.05) is 7.11 Å². The van der Waals surface area contributed by atoms with Gasteiger partial charge < -0.3 is 38.3 Å². The number of ether oxygens (including phenoxy) is 4. The van der Waals surface area contributed by atoms with Crippen LogP contribution in [0, 0.1) is 41.6 Å². The molecule has 7 unspecified atom stereocenters. The van der Waals surface area contributed by atoms with Crippen molar-refractivity contribution >= 4 is 38.1 Å². The summed E-state index contributed by atoms with van der Waals surface area (Å²) in [6.45, 7) is 42.5. The Morgan fingerprint density at radius 3 is 1.07 bits per heavy atom. The van der Waals surface area contributed by atoms with Crippen LogP contribution in [-0.2, 0) is 34.5 Å². The summed E-state index contributed by atoms with van der Waals surface area (Å²) in [6.07, 6.45) is 13.4. The van der Waals surface area contributed by atoms with E-state index in [1.807, 2.05) is 139 Å². The van der Waals surface area contributed by atoms with E-state index >= 15 is 0 Å². The van der Waals surface area contributed by atoms with Gasteiger partial charge in [-0.05, 0) is 308 Å². The lowest BCUT2D eigenvalue weighted by atomic mass is 9.91. The molecule has 1 saturated carbocycles. The normalized spacial score (nSPS) is 13.4. The number of phenols is 2. The fraction of sp³-hybridized carbons (Fsp3) is 0.417. The Kier molecular flexibility index (Phi) is 54.4. The molecule has 132 heavy (non-hydrogen) atoms. The molecule has 0 amide bonds. The fourth-order valence-corrected chi connectivity index (χ4v) is 14.0. The van der Waals surface area contributed by atoms with Crippen LogP contribution in [0.4, 0.5) is 22.0 Å². The van der Waals surface area contributed by atoms with E-state index in [0.29, 0.717) is 64.1 Å². The number of rotatable bonds is 24. The van der Waals surface area contributed by atoms with Gasteiger partial charge in [-0.2, -0.15) is 8.78 Å². The van der Waals surface area contributed by atoms with Gasteiger partial charge in [-0.15, -0.1) is 0 Å². The first-order valence-electron chi connectivity index (χ1n) is 45.2. The number of benzene rings is 10. The number of esters is 3. The van der Waals surface area contributed by atoms with Crippen LogP contribution in [0.3, 0.4) is 0 Å². The highest BCUT2D eigenvalue weighted by Crippen LogP contribution is 2.38. The standard InChI is InChI=1S/C18H26O2.C15H22O2.C12H12F4O5S.C10H14O3S.2C10H14O.2C10H14.C7H8IO.C6H5FI/c1-4-14(3)15-8-10-16(11-9-15)17(19)20-18(5-2)12-6-7-13-18;1-6-11(2)12-8-7-9-13(10-12)14(16)17-15(3,4)5;1-4-12(2,3)11(17)21-9-5(13)7(15)10(22(18,19)20)8(16)6(9)14;1-3-8(2)9-4-6-10(7-5-9)14(11,12)13;2*1-3-8(2)9-4-6-10(11)7-5-9;2*1-3-9(2)10-7-5-4-6-8-10;1-9-7-4-2-6(8)3-5-7;7-5-1-3-6(8)4-2-5/h8-11,14H,4-7,12-13H2,1-3H3;7-11H,6H2,1-5H3;4H2,1-3H3,(H,18,19,20);4-8H,3H2,1-2H3,(H,11,12,13);2*4-8,11H,3H2,1-2H3;2*4-9H,3H2,1-2H3;2-5,8H,1H3;1-4,8H/q;;;;;;;;2*+1/p-2. The summed E-state index contributed by atoms with van der Waals surface area (Å²) in [4.78, 5) is 33.4. The van der Waals surface area contributed by atoms with Gasteiger partial charge >= 0.3 is 17.9 Å². The van der Waals surface area contributed by atoms with Gasteiger partial charge in [-0.3, -0.25) is 4.79 Å². The quantitative estimate of drug-likeness (QED) is 0.0143. The van der Waals surface area contributed by atoms with E-state index in [1.165, 1.54) is 101 Å². The average molecular weight is 2090 g/mol. The molecule has 24 heteroatoms. The van der Waals surface area contributed by atoms with Crippen molar-refractivity contribution in [3.8, 4) is 23.0 Å². The maximum Gasteiger partial charge on any atom is 0.338 e. The van der Waals surface area contributed by atoms with Crippen LogP contribution >= 0.6 is 0 Å². The minimum atomic E-state index is -5.81. The van der Waals surface area contributed by atoms with Gasteiger partial charge in [-0.25, -0.2) is 39.6 Å². The molecule has 10 aromatic carbocycles. The van der Waals surface area contributed by atoms with Crippen LogP contribution in [-0.4, -0.2) is 72.4 Å². The molecule has 724 valence electrons. The van der Waals surface area contributed by atoms with Gasteiger partial charge in [0.2, 0.25) is 17.4 Å². The lowest BCUT2D eigenvalue weighted by Gasteiger charge is -2.27. The monoisotopic (exact) mass is 2090 g/mol. The van der Waals surface area contributed by atoms with Gasteiger partial charge in [-0.1, -0.05) is 232 Å². The third-order valence-corrected chi connectivity index (χ3v) is 26.2. The number of aromatic hydroxyl groups is 2. The van der Waals surface area contributed by atoms with Crippen molar-refractivity contribution in [1.82, 2.24) is 0 Å². The fourth-order valence-electron chi connectivity index (χ4n) is 12.1. The largest absolute Gasteiger partial charge is 0.744 e.